The first-order valence-corrected chi connectivity index (χ1v) is 9.27. The molecule has 26 heavy (non-hydrogen) atoms. The molecule has 2 aromatic rings. The maximum atomic E-state index is 12.3. The molecule has 1 aromatic carbocycles. The van der Waals surface area contributed by atoms with Gasteiger partial charge in [0.25, 0.3) is 5.91 Å². The van der Waals surface area contributed by atoms with Crippen molar-refractivity contribution in [2.24, 2.45) is 11.8 Å². The normalized spacial score (nSPS) is 20.7. The summed E-state index contributed by atoms with van der Waals surface area (Å²) in [7, 11) is 0. The Morgan fingerprint density at radius 1 is 1.12 bits per heavy atom. The summed E-state index contributed by atoms with van der Waals surface area (Å²) in [6.45, 7) is 8.30. The predicted octanol–water partition coefficient (Wildman–Crippen LogP) is 2.73. The van der Waals surface area contributed by atoms with Crippen LogP contribution in [0.2, 0.25) is 0 Å². The molecule has 1 aromatic heterocycles. The highest BCUT2D eigenvalue weighted by atomic mass is 16.5. The second-order valence-electron chi connectivity index (χ2n) is 7.54. The Hall–Kier alpha value is -2.40. The Bertz CT molecular complexity index is 735. The smallest absolute Gasteiger partial charge is 0.252 e. The zero-order valence-corrected chi connectivity index (χ0v) is 15.5. The molecule has 2 heterocycles. The second kappa shape index (κ2) is 8.32. The van der Waals surface area contributed by atoms with Gasteiger partial charge in [-0.3, -0.25) is 9.69 Å². The molecular weight excluding hydrogens is 326 g/mol. The summed E-state index contributed by atoms with van der Waals surface area (Å²) < 4.78 is 0.673. The van der Waals surface area contributed by atoms with Gasteiger partial charge in [-0.05, 0) is 29.4 Å². The summed E-state index contributed by atoms with van der Waals surface area (Å²) >= 11 is 0. The van der Waals surface area contributed by atoms with Crippen molar-refractivity contribution >= 4 is 5.91 Å². The molecule has 1 aliphatic rings. The van der Waals surface area contributed by atoms with Crippen molar-refractivity contribution in [2.75, 3.05) is 13.1 Å². The van der Waals surface area contributed by atoms with Gasteiger partial charge in [0.2, 0.25) is 0 Å². The number of aromatic nitrogens is 1. The van der Waals surface area contributed by atoms with Gasteiger partial charge in [-0.1, -0.05) is 38.1 Å². The molecule has 1 fully saturated rings. The average Bonchev–Trinajstić information content (AvgIpc) is 2.60. The molecule has 0 aliphatic carbocycles. The molecule has 1 amide bonds. The SMILES string of the molecule is CC1CC(C)CN(Cc2ccccc2CNC(=O)c2cc[n+]([O-])cc2)C1. The second-order valence-corrected chi connectivity index (χ2v) is 7.54. The van der Waals surface area contributed by atoms with Crippen LogP contribution in [-0.4, -0.2) is 23.9 Å². The number of nitrogens with one attached hydrogen (secondary N) is 1. The number of likely N-dealkylation sites (tertiary alicyclic amines) is 1. The largest absolute Gasteiger partial charge is 0.619 e. The maximum Gasteiger partial charge on any atom is 0.252 e. The third kappa shape index (κ3) is 4.82. The standard InChI is InChI=1S/C21H27N3O2/c1-16-11-17(2)14-23(13-16)15-20-6-4-3-5-19(20)12-22-21(25)18-7-9-24(26)10-8-18/h3-10,16-17H,11-15H2,1-2H3,(H,22,25). The molecule has 138 valence electrons. The fourth-order valence-corrected chi connectivity index (χ4v) is 3.89. The lowest BCUT2D eigenvalue weighted by Crippen LogP contribution is -2.38. The Labute approximate surface area is 155 Å². The highest BCUT2D eigenvalue weighted by molar-refractivity contribution is 5.93. The first-order chi connectivity index (χ1) is 12.5. The van der Waals surface area contributed by atoms with Gasteiger partial charge in [0.15, 0.2) is 12.4 Å². The Morgan fingerprint density at radius 3 is 2.38 bits per heavy atom. The molecule has 0 radical (unpaired) electrons. The van der Waals surface area contributed by atoms with E-state index in [-0.39, 0.29) is 5.91 Å². The van der Waals surface area contributed by atoms with Crippen molar-refractivity contribution in [2.45, 2.75) is 33.4 Å². The predicted molar refractivity (Wildman–Crippen MR) is 101 cm³/mol. The number of carbonyl (C=O) groups excluding carboxylic acids is 1. The quantitative estimate of drug-likeness (QED) is 0.664. The molecule has 0 saturated carbocycles. The van der Waals surface area contributed by atoms with Crippen molar-refractivity contribution < 1.29 is 9.52 Å². The van der Waals surface area contributed by atoms with Crippen molar-refractivity contribution in [1.29, 1.82) is 0 Å². The minimum absolute atomic E-state index is 0.166. The minimum atomic E-state index is -0.166. The van der Waals surface area contributed by atoms with Gasteiger partial charge < -0.3 is 10.5 Å². The number of hydrogen-bond donors (Lipinski definition) is 1. The van der Waals surface area contributed by atoms with E-state index in [2.05, 4.69) is 42.3 Å². The fourth-order valence-electron chi connectivity index (χ4n) is 3.89. The van der Waals surface area contributed by atoms with Crippen molar-refractivity contribution in [3.8, 4) is 0 Å². The number of amides is 1. The summed E-state index contributed by atoms with van der Waals surface area (Å²) in [5.41, 5.74) is 2.90. The van der Waals surface area contributed by atoms with E-state index in [9.17, 15) is 10.0 Å². The van der Waals surface area contributed by atoms with Crippen LogP contribution in [0.1, 0.15) is 41.8 Å². The molecule has 2 unspecified atom stereocenters. The van der Waals surface area contributed by atoms with Gasteiger partial charge in [-0.15, -0.1) is 0 Å². The van der Waals surface area contributed by atoms with Crippen LogP contribution in [-0.2, 0) is 13.1 Å². The lowest BCUT2D eigenvalue weighted by Gasteiger charge is -2.35. The van der Waals surface area contributed by atoms with Crippen LogP contribution >= 0.6 is 0 Å². The number of pyridine rings is 1. The van der Waals surface area contributed by atoms with E-state index in [1.807, 2.05) is 6.07 Å². The van der Waals surface area contributed by atoms with Gasteiger partial charge in [-0.25, -0.2) is 0 Å². The Kier molecular flexibility index (Phi) is 5.89. The van der Waals surface area contributed by atoms with Crippen LogP contribution in [0.25, 0.3) is 0 Å². The van der Waals surface area contributed by atoms with Gasteiger partial charge in [0.05, 0.1) is 5.56 Å². The molecule has 3 rings (SSSR count). The Balaban J connectivity index is 1.63. The number of piperidine rings is 1. The van der Waals surface area contributed by atoms with Gasteiger partial charge in [0, 0.05) is 38.3 Å². The first-order valence-electron chi connectivity index (χ1n) is 9.27. The molecular formula is C21H27N3O2. The van der Waals surface area contributed by atoms with Gasteiger partial charge in [0.1, 0.15) is 0 Å². The number of rotatable bonds is 5. The number of hydrogen-bond acceptors (Lipinski definition) is 3. The zero-order valence-electron chi connectivity index (χ0n) is 15.5. The molecule has 5 heteroatoms. The van der Waals surface area contributed by atoms with Gasteiger partial charge in [-0.2, -0.15) is 4.73 Å². The van der Waals surface area contributed by atoms with E-state index in [1.165, 1.54) is 36.5 Å². The summed E-state index contributed by atoms with van der Waals surface area (Å²) in [5.74, 6) is 1.29. The summed E-state index contributed by atoms with van der Waals surface area (Å²) in [6.07, 6.45) is 3.97. The Morgan fingerprint density at radius 2 is 1.73 bits per heavy atom. The molecule has 0 bridgehead atoms. The van der Waals surface area contributed by atoms with E-state index >= 15 is 0 Å². The first kappa shape index (κ1) is 18.4. The molecule has 1 N–H and O–H groups in total. The van der Waals surface area contributed by atoms with Crippen LogP contribution in [0.5, 0.6) is 0 Å². The van der Waals surface area contributed by atoms with Crippen LogP contribution in [0.3, 0.4) is 0 Å². The summed E-state index contributed by atoms with van der Waals surface area (Å²) in [6, 6.07) is 11.4. The third-order valence-electron chi connectivity index (χ3n) is 4.96. The van der Waals surface area contributed by atoms with Crippen molar-refractivity contribution in [3.63, 3.8) is 0 Å². The van der Waals surface area contributed by atoms with E-state index in [1.54, 1.807) is 0 Å². The van der Waals surface area contributed by atoms with E-state index in [0.717, 1.165) is 37.0 Å². The number of carbonyl (C=O) groups is 1. The minimum Gasteiger partial charge on any atom is -0.619 e. The lowest BCUT2D eigenvalue weighted by molar-refractivity contribution is -0.605. The van der Waals surface area contributed by atoms with E-state index in [0.29, 0.717) is 16.8 Å². The van der Waals surface area contributed by atoms with Crippen LogP contribution in [0.15, 0.2) is 48.8 Å². The average molecular weight is 353 g/mol. The topological polar surface area (TPSA) is 59.3 Å². The molecule has 1 saturated heterocycles. The highest BCUT2D eigenvalue weighted by Gasteiger charge is 2.22. The number of benzene rings is 1. The maximum absolute atomic E-state index is 12.3. The van der Waals surface area contributed by atoms with Crippen LogP contribution in [0, 0.1) is 17.0 Å². The molecule has 1 aliphatic heterocycles. The molecule has 0 spiro atoms. The van der Waals surface area contributed by atoms with E-state index in [4.69, 9.17) is 0 Å². The summed E-state index contributed by atoms with van der Waals surface area (Å²) in [5, 5.41) is 14.0. The van der Waals surface area contributed by atoms with Crippen molar-refractivity contribution in [3.05, 3.63) is 70.7 Å². The number of nitrogens with zero attached hydrogens (tertiary/aromatic N) is 2. The van der Waals surface area contributed by atoms with Crippen LogP contribution < -0.4 is 10.0 Å². The summed E-state index contributed by atoms with van der Waals surface area (Å²) in [4.78, 5) is 14.8. The molecule has 2 atom stereocenters. The fraction of sp³-hybridized carbons (Fsp3) is 0.429. The lowest BCUT2D eigenvalue weighted by atomic mass is 9.91. The zero-order chi connectivity index (χ0) is 18.5. The monoisotopic (exact) mass is 353 g/mol. The molecule has 5 nitrogen and oxygen atoms in total. The third-order valence-corrected chi connectivity index (χ3v) is 4.96. The van der Waals surface area contributed by atoms with Crippen molar-refractivity contribution in [1.82, 2.24) is 10.2 Å². The van der Waals surface area contributed by atoms with Crippen LogP contribution in [0.4, 0.5) is 0 Å². The van der Waals surface area contributed by atoms with E-state index < -0.39 is 0 Å². The highest BCUT2D eigenvalue weighted by Crippen LogP contribution is 2.23. The van der Waals surface area contributed by atoms with Gasteiger partial charge >= 0.3 is 0 Å².